The van der Waals surface area contributed by atoms with Crippen molar-refractivity contribution in [3.63, 3.8) is 0 Å². The second-order valence-electron chi connectivity index (χ2n) is 7.15. The first kappa shape index (κ1) is 19.1. The first-order valence-electron chi connectivity index (χ1n) is 9.03. The molecule has 1 aromatic carbocycles. The first-order valence-corrected chi connectivity index (χ1v) is 10.8. The Morgan fingerprint density at radius 2 is 2.00 bits per heavy atom. The molecule has 3 rings (SSSR count). The molecular formula is C18H26N3O4P. The zero-order chi connectivity index (χ0) is 18.7. The Morgan fingerprint density at radius 3 is 2.65 bits per heavy atom. The van der Waals surface area contributed by atoms with Gasteiger partial charge in [0.1, 0.15) is 17.9 Å². The van der Waals surface area contributed by atoms with E-state index in [1.165, 1.54) is 0 Å². The van der Waals surface area contributed by atoms with Gasteiger partial charge in [0.15, 0.2) is 0 Å². The average Bonchev–Trinajstić information content (AvgIpc) is 2.58. The zero-order valence-corrected chi connectivity index (χ0v) is 16.1. The topological polar surface area (TPSA) is 95.8 Å². The van der Waals surface area contributed by atoms with Gasteiger partial charge in [0, 0.05) is 24.5 Å². The van der Waals surface area contributed by atoms with E-state index < -0.39 is 7.60 Å². The van der Waals surface area contributed by atoms with Crippen molar-refractivity contribution in [2.75, 3.05) is 24.2 Å². The molecule has 1 aromatic heterocycles. The maximum absolute atomic E-state index is 11.1. The minimum absolute atomic E-state index is 0.0211. The van der Waals surface area contributed by atoms with Crippen molar-refractivity contribution >= 4 is 24.3 Å². The molecule has 0 spiro atoms. The van der Waals surface area contributed by atoms with Crippen LogP contribution in [-0.4, -0.2) is 45.1 Å². The Hall–Kier alpha value is -1.69. The minimum atomic E-state index is -3.90. The van der Waals surface area contributed by atoms with Crippen molar-refractivity contribution in [1.82, 2.24) is 9.97 Å². The third-order valence-corrected chi connectivity index (χ3v) is 5.54. The highest BCUT2D eigenvalue weighted by molar-refractivity contribution is 7.51. The molecule has 0 saturated carbocycles. The van der Waals surface area contributed by atoms with Crippen LogP contribution in [0.25, 0.3) is 10.9 Å². The molecule has 0 aliphatic carbocycles. The number of hydrogen-bond acceptors (Lipinski definition) is 5. The molecule has 8 heteroatoms. The van der Waals surface area contributed by atoms with E-state index in [0.717, 1.165) is 48.4 Å². The lowest BCUT2D eigenvalue weighted by atomic mass is 9.94. The van der Waals surface area contributed by atoms with E-state index in [2.05, 4.69) is 14.9 Å². The van der Waals surface area contributed by atoms with Crippen molar-refractivity contribution in [3.05, 3.63) is 24.5 Å². The molecule has 1 fully saturated rings. The van der Waals surface area contributed by atoms with Crippen LogP contribution in [0, 0.1) is 5.92 Å². The Morgan fingerprint density at radius 1 is 1.27 bits per heavy atom. The van der Waals surface area contributed by atoms with Crippen LogP contribution in [0.3, 0.4) is 0 Å². The SMILES string of the molecule is CC(C)Oc1ccc2c(N3CCC(CCP(=O)(O)O)CC3)ncnc2c1. The molecule has 2 N–H and O–H groups in total. The maximum Gasteiger partial charge on any atom is 0.325 e. The second kappa shape index (κ2) is 7.91. The van der Waals surface area contributed by atoms with Gasteiger partial charge in [-0.25, -0.2) is 9.97 Å². The van der Waals surface area contributed by atoms with E-state index in [0.29, 0.717) is 12.3 Å². The van der Waals surface area contributed by atoms with Gasteiger partial charge in [-0.2, -0.15) is 0 Å². The summed E-state index contributed by atoms with van der Waals surface area (Å²) in [7, 11) is -3.90. The quantitative estimate of drug-likeness (QED) is 0.744. The van der Waals surface area contributed by atoms with Gasteiger partial charge in [0.05, 0.1) is 17.8 Å². The van der Waals surface area contributed by atoms with Crippen molar-refractivity contribution in [2.45, 2.75) is 39.2 Å². The van der Waals surface area contributed by atoms with Gasteiger partial charge >= 0.3 is 7.60 Å². The van der Waals surface area contributed by atoms with Crippen LogP contribution in [0.1, 0.15) is 33.1 Å². The van der Waals surface area contributed by atoms with E-state index in [1.54, 1.807) is 6.33 Å². The van der Waals surface area contributed by atoms with Gasteiger partial charge in [-0.3, -0.25) is 4.57 Å². The average molecular weight is 379 g/mol. The number of fused-ring (bicyclic) bond motifs is 1. The van der Waals surface area contributed by atoms with Gasteiger partial charge in [0.25, 0.3) is 0 Å². The molecule has 1 aliphatic heterocycles. The molecule has 1 saturated heterocycles. The van der Waals surface area contributed by atoms with E-state index >= 15 is 0 Å². The van der Waals surface area contributed by atoms with Crippen molar-refractivity contribution in [1.29, 1.82) is 0 Å². The fourth-order valence-corrected chi connectivity index (χ4v) is 4.11. The largest absolute Gasteiger partial charge is 0.491 e. The monoisotopic (exact) mass is 379 g/mol. The van der Waals surface area contributed by atoms with Crippen molar-refractivity contribution in [3.8, 4) is 5.75 Å². The molecule has 26 heavy (non-hydrogen) atoms. The second-order valence-corrected chi connectivity index (χ2v) is 8.93. The summed E-state index contributed by atoms with van der Waals surface area (Å²) in [5, 5.41) is 0.997. The lowest BCUT2D eigenvalue weighted by Crippen LogP contribution is -2.34. The minimum Gasteiger partial charge on any atom is -0.491 e. The first-order chi connectivity index (χ1) is 12.3. The number of anilines is 1. The molecule has 0 unspecified atom stereocenters. The van der Waals surface area contributed by atoms with Crippen molar-refractivity contribution < 1.29 is 19.1 Å². The highest BCUT2D eigenvalue weighted by Gasteiger charge is 2.24. The Bertz CT molecular complexity index is 800. The summed E-state index contributed by atoms with van der Waals surface area (Å²) in [6, 6.07) is 5.89. The number of piperidine rings is 1. The van der Waals surface area contributed by atoms with Crippen LogP contribution < -0.4 is 9.64 Å². The fourth-order valence-electron chi connectivity index (χ4n) is 3.40. The van der Waals surface area contributed by atoms with E-state index in [-0.39, 0.29) is 12.3 Å². The summed E-state index contributed by atoms with van der Waals surface area (Å²) in [6.07, 6.45) is 4.09. The summed E-state index contributed by atoms with van der Waals surface area (Å²) in [5.74, 6) is 2.07. The predicted octanol–water partition coefficient (Wildman–Crippen LogP) is 3.20. The Labute approximate surface area is 153 Å². The van der Waals surface area contributed by atoms with Crippen LogP contribution in [-0.2, 0) is 4.57 Å². The highest BCUT2D eigenvalue weighted by Crippen LogP contribution is 2.38. The third kappa shape index (κ3) is 4.93. The molecule has 2 heterocycles. The number of ether oxygens (including phenoxy) is 1. The van der Waals surface area contributed by atoms with Crippen LogP contribution in [0.5, 0.6) is 5.75 Å². The molecule has 7 nitrogen and oxygen atoms in total. The maximum atomic E-state index is 11.1. The van der Waals surface area contributed by atoms with E-state index in [1.807, 2.05) is 32.0 Å². The van der Waals surface area contributed by atoms with Gasteiger partial charge in [0.2, 0.25) is 0 Å². The number of rotatable bonds is 6. The molecular weight excluding hydrogens is 353 g/mol. The van der Waals surface area contributed by atoms with E-state index in [4.69, 9.17) is 14.5 Å². The number of nitrogens with zero attached hydrogens (tertiary/aromatic N) is 3. The molecule has 0 bridgehead atoms. The van der Waals surface area contributed by atoms with Crippen LogP contribution >= 0.6 is 7.60 Å². The van der Waals surface area contributed by atoms with Crippen LogP contribution in [0.2, 0.25) is 0 Å². The summed E-state index contributed by atoms with van der Waals surface area (Å²) in [4.78, 5) is 29.2. The van der Waals surface area contributed by atoms with Gasteiger partial charge in [-0.15, -0.1) is 0 Å². The lowest BCUT2D eigenvalue weighted by Gasteiger charge is -2.33. The van der Waals surface area contributed by atoms with Crippen LogP contribution in [0.4, 0.5) is 5.82 Å². The molecule has 0 amide bonds. The van der Waals surface area contributed by atoms with Gasteiger partial charge in [-0.1, -0.05) is 0 Å². The summed E-state index contributed by atoms with van der Waals surface area (Å²) >= 11 is 0. The summed E-state index contributed by atoms with van der Waals surface area (Å²) in [6.45, 7) is 5.66. The summed E-state index contributed by atoms with van der Waals surface area (Å²) in [5.41, 5.74) is 0.858. The van der Waals surface area contributed by atoms with Gasteiger partial charge < -0.3 is 19.4 Å². The number of hydrogen-bond donors (Lipinski definition) is 2. The van der Waals surface area contributed by atoms with Crippen molar-refractivity contribution in [2.24, 2.45) is 5.92 Å². The Kier molecular flexibility index (Phi) is 5.80. The standard InChI is InChI=1S/C18H26N3O4P/c1-13(2)25-15-3-4-16-17(11-15)19-12-20-18(16)21-8-5-14(6-9-21)7-10-26(22,23)24/h3-4,11-14H,5-10H2,1-2H3,(H2,22,23,24). The zero-order valence-electron chi connectivity index (χ0n) is 15.2. The van der Waals surface area contributed by atoms with Crippen LogP contribution in [0.15, 0.2) is 24.5 Å². The van der Waals surface area contributed by atoms with E-state index in [9.17, 15) is 4.57 Å². The third-order valence-electron chi connectivity index (χ3n) is 4.70. The number of aromatic nitrogens is 2. The molecule has 0 atom stereocenters. The smallest absolute Gasteiger partial charge is 0.325 e. The molecule has 0 radical (unpaired) electrons. The normalized spacial score (nSPS) is 16.4. The van der Waals surface area contributed by atoms with Gasteiger partial charge in [-0.05, 0) is 51.2 Å². The summed E-state index contributed by atoms with van der Waals surface area (Å²) < 4.78 is 16.8. The molecule has 2 aromatic rings. The predicted molar refractivity (Wildman–Crippen MR) is 102 cm³/mol. The fraction of sp³-hybridized carbons (Fsp3) is 0.556. The highest BCUT2D eigenvalue weighted by atomic mass is 31.2. The number of benzene rings is 1. The molecule has 142 valence electrons. The lowest BCUT2D eigenvalue weighted by molar-refractivity contribution is 0.242. The molecule has 1 aliphatic rings. The Balaban J connectivity index is 1.70.